The Morgan fingerprint density at radius 2 is 1.56 bits per heavy atom. The molecule has 0 radical (unpaired) electrons. The molecule has 122 valence electrons. The molecule has 0 aliphatic carbocycles. The Balaban J connectivity index is 2.19. The minimum atomic E-state index is -0.520. The van der Waals surface area contributed by atoms with Crippen LogP contribution in [0.25, 0.3) is 28.2 Å². The van der Waals surface area contributed by atoms with Crippen molar-refractivity contribution in [2.75, 3.05) is 0 Å². The largest absolute Gasteiger partial charge is 0.403 e. The average molecular weight is 330 g/mol. The number of para-hydroxylation sites is 1. The highest BCUT2D eigenvalue weighted by Gasteiger charge is 2.17. The topological polar surface area (TPSA) is 65.1 Å². The van der Waals surface area contributed by atoms with E-state index in [0.29, 0.717) is 22.5 Å². The van der Waals surface area contributed by atoms with Gasteiger partial charge in [-0.25, -0.2) is 4.79 Å². The normalized spacial score (nSPS) is 10.9. The van der Waals surface area contributed by atoms with Gasteiger partial charge in [0.1, 0.15) is 5.39 Å². The Kier molecular flexibility index (Phi) is 3.54. The summed E-state index contributed by atoms with van der Waals surface area (Å²) in [5.41, 5.74) is 1.28. The molecule has 0 spiro atoms. The van der Waals surface area contributed by atoms with Gasteiger partial charge in [0, 0.05) is 11.6 Å². The second kappa shape index (κ2) is 5.87. The van der Waals surface area contributed by atoms with Crippen LogP contribution in [-0.4, -0.2) is 9.55 Å². The van der Waals surface area contributed by atoms with Gasteiger partial charge in [-0.1, -0.05) is 48.5 Å². The first kappa shape index (κ1) is 15.1. The lowest BCUT2D eigenvalue weighted by atomic mass is 10.1. The highest BCUT2D eigenvalue weighted by Crippen LogP contribution is 2.22. The lowest BCUT2D eigenvalue weighted by Gasteiger charge is -2.13. The molecule has 5 heteroatoms. The van der Waals surface area contributed by atoms with Gasteiger partial charge in [0.25, 0.3) is 5.56 Å². The van der Waals surface area contributed by atoms with Gasteiger partial charge >= 0.3 is 5.63 Å². The molecule has 4 aromatic rings. The summed E-state index contributed by atoms with van der Waals surface area (Å²) >= 11 is 0. The quantitative estimate of drug-likeness (QED) is 0.565. The van der Waals surface area contributed by atoms with Gasteiger partial charge in [0.2, 0.25) is 5.71 Å². The van der Waals surface area contributed by atoms with E-state index in [4.69, 9.17) is 4.42 Å². The summed E-state index contributed by atoms with van der Waals surface area (Å²) in [7, 11) is 0. The molecule has 2 heterocycles. The van der Waals surface area contributed by atoms with Crippen LogP contribution in [0.2, 0.25) is 0 Å². The zero-order valence-electron chi connectivity index (χ0n) is 13.5. The van der Waals surface area contributed by atoms with Crippen LogP contribution in [-0.2, 0) is 0 Å². The highest BCUT2D eigenvalue weighted by atomic mass is 16.4. The van der Waals surface area contributed by atoms with Crippen molar-refractivity contribution in [3.63, 3.8) is 0 Å². The smallest absolute Gasteiger partial charge is 0.337 e. The van der Waals surface area contributed by atoms with Crippen LogP contribution in [0.3, 0.4) is 0 Å². The first-order chi connectivity index (χ1) is 12.1. The first-order valence-electron chi connectivity index (χ1n) is 7.83. The van der Waals surface area contributed by atoms with Crippen molar-refractivity contribution in [2.45, 2.75) is 6.92 Å². The van der Waals surface area contributed by atoms with Crippen molar-refractivity contribution in [2.24, 2.45) is 0 Å². The molecule has 0 aliphatic rings. The minimum Gasteiger partial charge on any atom is -0.403 e. The standard InChI is InChI=1S/C20H14N2O3/c1-13-12-16(23)25-19-17(13)20(24)22(15-10-6-3-7-11-15)18(21-19)14-8-4-2-5-9-14/h2-12H,1H3. The van der Waals surface area contributed by atoms with Crippen molar-refractivity contribution in [3.8, 4) is 17.1 Å². The summed E-state index contributed by atoms with van der Waals surface area (Å²) < 4.78 is 6.74. The van der Waals surface area contributed by atoms with Crippen LogP contribution >= 0.6 is 0 Å². The second-order valence-electron chi connectivity index (χ2n) is 5.71. The van der Waals surface area contributed by atoms with Crippen LogP contribution in [0.1, 0.15) is 5.56 Å². The average Bonchev–Trinajstić information content (AvgIpc) is 2.62. The summed E-state index contributed by atoms with van der Waals surface area (Å²) in [4.78, 5) is 29.4. The van der Waals surface area contributed by atoms with Gasteiger partial charge in [0.05, 0.1) is 5.69 Å². The third-order valence-corrected chi connectivity index (χ3v) is 4.02. The summed E-state index contributed by atoms with van der Waals surface area (Å²) in [6, 6.07) is 19.9. The third-order valence-electron chi connectivity index (χ3n) is 4.02. The van der Waals surface area contributed by atoms with Crippen LogP contribution in [0.15, 0.2) is 80.7 Å². The maximum Gasteiger partial charge on any atom is 0.337 e. The van der Waals surface area contributed by atoms with Gasteiger partial charge in [-0.05, 0) is 24.6 Å². The van der Waals surface area contributed by atoms with Crippen molar-refractivity contribution >= 4 is 11.1 Å². The van der Waals surface area contributed by atoms with Crippen LogP contribution in [0.4, 0.5) is 0 Å². The minimum absolute atomic E-state index is 0.0565. The fraction of sp³-hybridized carbons (Fsp3) is 0.0500. The van der Waals surface area contributed by atoms with Crippen molar-refractivity contribution in [1.82, 2.24) is 9.55 Å². The monoisotopic (exact) mass is 330 g/mol. The molecule has 25 heavy (non-hydrogen) atoms. The molecule has 0 bridgehead atoms. The number of benzene rings is 2. The molecule has 0 aliphatic heterocycles. The predicted octanol–water partition coefficient (Wildman–Crippen LogP) is 3.31. The molecule has 0 fully saturated rings. The van der Waals surface area contributed by atoms with E-state index in [1.54, 1.807) is 11.5 Å². The van der Waals surface area contributed by atoms with Crippen molar-refractivity contribution in [3.05, 3.63) is 93.1 Å². The molecule has 0 saturated carbocycles. The fourth-order valence-corrected chi connectivity index (χ4v) is 2.88. The molecule has 0 unspecified atom stereocenters. The molecular formula is C20H14N2O3. The first-order valence-corrected chi connectivity index (χ1v) is 7.83. The van der Waals surface area contributed by atoms with Crippen molar-refractivity contribution < 1.29 is 4.42 Å². The highest BCUT2D eigenvalue weighted by molar-refractivity contribution is 5.78. The van der Waals surface area contributed by atoms with E-state index in [1.807, 2.05) is 60.7 Å². The van der Waals surface area contributed by atoms with E-state index in [1.165, 1.54) is 6.07 Å². The van der Waals surface area contributed by atoms with Crippen molar-refractivity contribution in [1.29, 1.82) is 0 Å². The molecule has 2 aromatic carbocycles. The summed E-state index contributed by atoms with van der Waals surface area (Å²) in [6.07, 6.45) is 0. The molecule has 0 amide bonds. The van der Waals surface area contributed by atoms with E-state index in [9.17, 15) is 9.59 Å². The molecule has 5 nitrogen and oxygen atoms in total. The molecular weight excluding hydrogens is 316 g/mol. The second-order valence-corrected chi connectivity index (χ2v) is 5.71. The summed E-state index contributed by atoms with van der Waals surface area (Å²) in [5, 5.41) is 0.308. The fourth-order valence-electron chi connectivity index (χ4n) is 2.88. The molecule has 0 saturated heterocycles. The zero-order valence-corrected chi connectivity index (χ0v) is 13.5. The molecule has 0 atom stereocenters. The number of nitrogens with zero attached hydrogens (tertiary/aromatic N) is 2. The maximum atomic E-state index is 13.2. The predicted molar refractivity (Wildman–Crippen MR) is 96.0 cm³/mol. The lowest BCUT2D eigenvalue weighted by molar-refractivity contribution is 0.546. The molecule has 2 aromatic heterocycles. The van der Waals surface area contributed by atoms with Gasteiger partial charge in [-0.2, -0.15) is 4.98 Å². The number of rotatable bonds is 2. The Hall–Kier alpha value is -3.47. The summed E-state index contributed by atoms with van der Waals surface area (Å²) in [5.74, 6) is 0.429. The number of aromatic nitrogens is 2. The Labute approximate surface area is 142 Å². The number of aryl methyl sites for hydroxylation is 1. The Morgan fingerprint density at radius 3 is 2.24 bits per heavy atom. The number of hydrogen-bond acceptors (Lipinski definition) is 4. The van der Waals surface area contributed by atoms with E-state index in [0.717, 1.165) is 5.56 Å². The number of hydrogen-bond donors (Lipinski definition) is 0. The summed E-state index contributed by atoms with van der Waals surface area (Å²) in [6.45, 7) is 1.71. The van der Waals surface area contributed by atoms with E-state index >= 15 is 0 Å². The van der Waals surface area contributed by atoms with E-state index in [-0.39, 0.29) is 11.3 Å². The molecule has 0 N–H and O–H groups in total. The SMILES string of the molecule is Cc1cc(=O)oc2nc(-c3ccccc3)n(-c3ccccc3)c(=O)c12. The van der Waals surface area contributed by atoms with Crippen LogP contribution in [0.5, 0.6) is 0 Å². The zero-order chi connectivity index (χ0) is 17.4. The van der Waals surface area contributed by atoms with Crippen LogP contribution < -0.4 is 11.2 Å². The van der Waals surface area contributed by atoms with Gasteiger partial charge in [-0.3, -0.25) is 9.36 Å². The van der Waals surface area contributed by atoms with Crippen LogP contribution in [0, 0.1) is 6.92 Å². The lowest BCUT2D eigenvalue weighted by Crippen LogP contribution is -2.23. The van der Waals surface area contributed by atoms with E-state index in [2.05, 4.69) is 4.98 Å². The van der Waals surface area contributed by atoms with Gasteiger partial charge < -0.3 is 4.42 Å². The van der Waals surface area contributed by atoms with Gasteiger partial charge in [0.15, 0.2) is 5.82 Å². The number of fused-ring (bicyclic) bond motifs is 1. The van der Waals surface area contributed by atoms with Gasteiger partial charge in [-0.15, -0.1) is 0 Å². The Morgan fingerprint density at radius 1 is 0.920 bits per heavy atom. The third kappa shape index (κ3) is 2.55. The molecule has 4 rings (SSSR count). The Bertz CT molecular complexity index is 1180. The van der Waals surface area contributed by atoms with E-state index < -0.39 is 5.63 Å². The maximum absolute atomic E-state index is 13.2.